The quantitative estimate of drug-likeness (QED) is 0.481. The van der Waals surface area contributed by atoms with Crippen LogP contribution < -0.4 is 15.4 Å². The van der Waals surface area contributed by atoms with Crippen molar-refractivity contribution in [1.82, 2.24) is 5.32 Å². The topological polar surface area (TPSA) is 104 Å². The molecule has 166 valence electrons. The van der Waals surface area contributed by atoms with Crippen molar-refractivity contribution in [3.63, 3.8) is 0 Å². The summed E-state index contributed by atoms with van der Waals surface area (Å²) < 4.78 is 40.7. The molecule has 0 saturated heterocycles. The number of sulfonamides is 1. The Morgan fingerprint density at radius 1 is 0.938 bits per heavy atom. The number of benzene rings is 3. The zero-order valence-corrected chi connectivity index (χ0v) is 18.4. The molecule has 10 heteroatoms. The standard InChI is InChI=1S/C22H19ClFN3O4S/c1-14-17(23)5-4-8-19(14)26-21(28)13-25-22(29)15-9-11-16(12-10-15)32(30,31)27-20-7-3-2-6-18(20)24/h2-12,27H,13H2,1H3,(H,25,29)(H,26,28). The van der Waals surface area contributed by atoms with Gasteiger partial charge in [-0.3, -0.25) is 14.3 Å². The minimum Gasteiger partial charge on any atom is -0.343 e. The normalized spacial score (nSPS) is 11.0. The molecule has 0 fully saturated rings. The fraction of sp³-hybridized carbons (Fsp3) is 0.0909. The van der Waals surface area contributed by atoms with Gasteiger partial charge in [-0.1, -0.05) is 29.8 Å². The maximum Gasteiger partial charge on any atom is 0.261 e. The van der Waals surface area contributed by atoms with E-state index in [1.165, 1.54) is 42.5 Å². The number of hydrogen-bond acceptors (Lipinski definition) is 4. The van der Waals surface area contributed by atoms with Crippen LogP contribution in [0.3, 0.4) is 0 Å². The smallest absolute Gasteiger partial charge is 0.261 e. The van der Waals surface area contributed by atoms with Crippen LogP contribution in [0.1, 0.15) is 15.9 Å². The molecule has 3 N–H and O–H groups in total. The molecule has 0 atom stereocenters. The Morgan fingerprint density at radius 2 is 1.59 bits per heavy atom. The highest BCUT2D eigenvalue weighted by Gasteiger charge is 2.17. The largest absolute Gasteiger partial charge is 0.343 e. The highest BCUT2D eigenvalue weighted by Crippen LogP contribution is 2.23. The van der Waals surface area contributed by atoms with Gasteiger partial charge in [0, 0.05) is 16.3 Å². The summed E-state index contributed by atoms with van der Waals surface area (Å²) in [5.74, 6) is -1.72. The Bertz CT molecular complexity index is 1260. The molecule has 0 aliphatic rings. The van der Waals surface area contributed by atoms with Crippen molar-refractivity contribution in [1.29, 1.82) is 0 Å². The van der Waals surface area contributed by atoms with Gasteiger partial charge in [0.15, 0.2) is 0 Å². The maximum atomic E-state index is 13.7. The van der Waals surface area contributed by atoms with Gasteiger partial charge < -0.3 is 10.6 Å². The van der Waals surface area contributed by atoms with E-state index in [0.29, 0.717) is 16.3 Å². The van der Waals surface area contributed by atoms with Gasteiger partial charge in [-0.25, -0.2) is 12.8 Å². The monoisotopic (exact) mass is 475 g/mol. The molecular weight excluding hydrogens is 457 g/mol. The Morgan fingerprint density at radius 3 is 2.28 bits per heavy atom. The fourth-order valence-corrected chi connectivity index (χ4v) is 3.97. The van der Waals surface area contributed by atoms with E-state index in [1.807, 2.05) is 0 Å². The summed E-state index contributed by atoms with van der Waals surface area (Å²) in [5.41, 5.74) is 1.21. The molecule has 3 aromatic rings. The molecule has 0 heterocycles. The van der Waals surface area contributed by atoms with Gasteiger partial charge in [0.05, 0.1) is 17.1 Å². The molecule has 2 amide bonds. The molecule has 0 aliphatic heterocycles. The SMILES string of the molecule is Cc1c(Cl)cccc1NC(=O)CNC(=O)c1ccc(S(=O)(=O)Nc2ccccc2F)cc1. The Balaban J connectivity index is 1.60. The van der Waals surface area contributed by atoms with Crippen molar-refractivity contribution in [2.75, 3.05) is 16.6 Å². The second kappa shape index (κ2) is 9.80. The van der Waals surface area contributed by atoms with Crippen LogP contribution in [0.5, 0.6) is 0 Å². The highest BCUT2D eigenvalue weighted by atomic mass is 35.5. The third kappa shape index (κ3) is 5.63. The number of halogens is 2. The average molecular weight is 476 g/mol. The van der Waals surface area contributed by atoms with Crippen molar-refractivity contribution in [3.8, 4) is 0 Å². The first-order valence-corrected chi connectivity index (χ1v) is 11.2. The van der Waals surface area contributed by atoms with Crippen LogP contribution in [-0.2, 0) is 14.8 Å². The Hall–Kier alpha value is -3.43. The van der Waals surface area contributed by atoms with Crippen molar-refractivity contribution in [2.24, 2.45) is 0 Å². The van der Waals surface area contributed by atoms with E-state index in [0.717, 1.165) is 6.07 Å². The molecule has 3 aromatic carbocycles. The summed E-state index contributed by atoms with van der Waals surface area (Å²) in [6, 6.07) is 15.5. The average Bonchev–Trinajstić information content (AvgIpc) is 2.77. The lowest BCUT2D eigenvalue weighted by atomic mass is 10.2. The van der Waals surface area contributed by atoms with Crippen LogP contribution in [-0.4, -0.2) is 26.8 Å². The number of rotatable bonds is 7. The van der Waals surface area contributed by atoms with Crippen molar-refractivity contribution < 1.29 is 22.4 Å². The maximum absolute atomic E-state index is 13.7. The van der Waals surface area contributed by atoms with E-state index in [4.69, 9.17) is 11.6 Å². The first-order valence-electron chi connectivity index (χ1n) is 9.38. The number of amides is 2. The van der Waals surface area contributed by atoms with E-state index in [-0.39, 0.29) is 22.7 Å². The number of anilines is 2. The molecule has 32 heavy (non-hydrogen) atoms. The predicted molar refractivity (Wildman–Crippen MR) is 121 cm³/mol. The summed E-state index contributed by atoms with van der Waals surface area (Å²) in [6.07, 6.45) is 0. The zero-order valence-electron chi connectivity index (χ0n) is 16.9. The Kier molecular flexibility index (Phi) is 7.12. The third-order valence-electron chi connectivity index (χ3n) is 4.50. The van der Waals surface area contributed by atoms with Crippen molar-refractivity contribution in [3.05, 3.63) is 88.7 Å². The zero-order chi connectivity index (χ0) is 23.3. The number of nitrogens with one attached hydrogen (secondary N) is 3. The van der Waals surface area contributed by atoms with E-state index in [2.05, 4.69) is 15.4 Å². The number of para-hydroxylation sites is 1. The van der Waals surface area contributed by atoms with Gasteiger partial charge in [0.2, 0.25) is 5.91 Å². The summed E-state index contributed by atoms with van der Waals surface area (Å²) >= 11 is 6.02. The van der Waals surface area contributed by atoms with Gasteiger partial charge in [0.1, 0.15) is 5.82 Å². The van der Waals surface area contributed by atoms with Gasteiger partial charge in [0.25, 0.3) is 15.9 Å². The van der Waals surface area contributed by atoms with Crippen LogP contribution in [0.2, 0.25) is 5.02 Å². The second-order valence-corrected chi connectivity index (χ2v) is 8.84. The van der Waals surface area contributed by atoms with Crippen molar-refractivity contribution >= 4 is 44.8 Å². The van der Waals surface area contributed by atoms with Crippen LogP contribution >= 0.6 is 11.6 Å². The first kappa shape index (κ1) is 23.2. The minimum absolute atomic E-state index is 0.147. The first-order chi connectivity index (χ1) is 15.2. The summed E-state index contributed by atoms with van der Waals surface area (Å²) in [7, 11) is -4.04. The van der Waals surface area contributed by atoms with Crippen LogP contribution in [0.25, 0.3) is 0 Å². The fourth-order valence-electron chi connectivity index (χ4n) is 2.73. The molecular formula is C22H19ClFN3O4S. The van der Waals surface area contributed by atoms with Gasteiger partial charge in [-0.05, 0) is 61.0 Å². The molecule has 3 rings (SSSR count). The van der Waals surface area contributed by atoms with E-state index < -0.39 is 27.7 Å². The molecule has 0 bridgehead atoms. The van der Waals surface area contributed by atoms with E-state index in [1.54, 1.807) is 25.1 Å². The van der Waals surface area contributed by atoms with E-state index >= 15 is 0 Å². The molecule has 0 unspecified atom stereocenters. The lowest BCUT2D eigenvalue weighted by molar-refractivity contribution is -0.115. The van der Waals surface area contributed by atoms with Gasteiger partial charge in [-0.15, -0.1) is 0 Å². The lowest BCUT2D eigenvalue weighted by Gasteiger charge is -2.11. The van der Waals surface area contributed by atoms with Crippen LogP contribution in [0.15, 0.2) is 71.6 Å². The van der Waals surface area contributed by atoms with Crippen molar-refractivity contribution in [2.45, 2.75) is 11.8 Å². The molecule has 0 spiro atoms. The Labute approximate surface area is 189 Å². The van der Waals surface area contributed by atoms with Crippen LogP contribution in [0.4, 0.5) is 15.8 Å². The number of hydrogen-bond donors (Lipinski definition) is 3. The molecule has 7 nitrogen and oxygen atoms in total. The predicted octanol–water partition coefficient (Wildman–Crippen LogP) is 3.96. The van der Waals surface area contributed by atoms with Gasteiger partial charge in [-0.2, -0.15) is 0 Å². The number of carbonyl (C=O) groups excluding carboxylic acids is 2. The van der Waals surface area contributed by atoms with Crippen LogP contribution in [0, 0.1) is 12.7 Å². The minimum atomic E-state index is -4.04. The molecule has 0 aromatic heterocycles. The number of carbonyl (C=O) groups is 2. The molecule has 0 saturated carbocycles. The summed E-state index contributed by atoms with van der Waals surface area (Å²) in [5, 5.41) is 5.62. The van der Waals surface area contributed by atoms with E-state index in [9.17, 15) is 22.4 Å². The second-order valence-electron chi connectivity index (χ2n) is 6.75. The third-order valence-corrected chi connectivity index (χ3v) is 6.29. The van der Waals surface area contributed by atoms with Gasteiger partial charge >= 0.3 is 0 Å². The lowest BCUT2D eigenvalue weighted by Crippen LogP contribution is -2.33. The summed E-state index contributed by atoms with van der Waals surface area (Å²) in [6.45, 7) is 1.47. The molecule has 0 aliphatic carbocycles. The highest BCUT2D eigenvalue weighted by molar-refractivity contribution is 7.92. The molecule has 0 radical (unpaired) electrons. The summed E-state index contributed by atoms with van der Waals surface area (Å²) in [4.78, 5) is 24.3.